The molecule has 1 fully saturated rings. The SMILES string of the molecule is O=C(NC1CCOCC1)c1cc(Cc2ccc(Cl)cc2)c2cccn2n1. The summed E-state index contributed by atoms with van der Waals surface area (Å²) >= 11 is 5.98. The molecule has 0 bridgehead atoms. The van der Waals surface area contributed by atoms with Crippen molar-refractivity contribution in [3.8, 4) is 0 Å². The van der Waals surface area contributed by atoms with Gasteiger partial charge in [-0.1, -0.05) is 23.7 Å². The quantitative estimate of drug-likeness (QED) is 0.766. The van der Waals surface area contributed by atoms with E-state index in [4.69, 9.17) is 16.3 Å². The van der Waals surface area contributed by atoms with E-state index in [0.29, 0.717) is 30.4 Å². The van der Waals surface area contributed by atoms with Gasteiger partial charge in [0.1, 0.15) is 5.69 Å². The number of ether oxygens (including phenoxy) is 1. The minimum Gasteiger partial charge on any atom is -0.381 e. The molecule has 1 aliphatic rings. The molecular weight excluding hydrogens is 350 g/mol. The van der Waals surface area contributed by atoms with Crippen LogP contribution in [0.2, 0.25) is 5.02 Å². The molecule has 1 amide bonds. The topological polar surface area (TPSA) is 55.6 Å². The van der Waals surface area contributed by atoms with Gasteiger partial charge in [-0.3, -0.25) is 4.79 Å². The summed E-state index contributed by atoms with van der Waals surface area (Å²) in [7, 11) is 0. The number of carbonyl (C=O) groups excluding carboxylic acids is 1. The Morgan fingerprint density at radius 2 is 2.00 bits per heavy atom. The van der Waals surface area contributed by atoms with Gasteiger partial charge in [0, 0.05) is 30.5 Å². The van der Waals surface area contributed by atoms with E-state index in [2.05, 4.69) is 10.4 Å². The first-order chi connectivity index (χ1) is 12.7. The zero-order valence-corrected chi connectivity index (χ0v) is 15.1. The first-order valence-electron chi connectivity index (χ1n) is 8.79. The Bertz CT molecular complexity index is 914. The number of hydrogen-bond donors (Lipinski definition) is 1. The predicted octanol–water partition coefficient (Wildman–Crippen LogP) is 3.49. The van der Waals surface area contributed by atoms with E-state index in [0.717, 1.165) is 29.5 Å². The Labute approximate surface area is 156 Å². The van der Waals surface area contributed by atoms with Crippen LogP contribution in [0.3, 0.4) is 0 Å². The highest BCUT2D eigenvalue weighted by Crippen LogP contribution is 2.19. The summed E-state index contributed by atoms with van der Waals surface area (Å²) in [6.45, 7) is 1.38. The third-order valence-electron chi connectivity index (χ3n) is 4.68. The Hall–Kier alpha value is -2.37. The highest BCUT2D eigenvalue weighted by Gasteiger charge is 2.19. The van der Waals surface area contributed by atoms with Crippen molar-refractivity contribution < 1.29 is 9.53 Å². The van der Waals surface area contributed by atoms with Gasteiger partial charge in [0.2, 0.25) is 0 Å². The minimum atomic E-state index is -0.134. The number of fused-ring (bicyclic) bond motifs is 1. The van der Waals surface area contributed by atoms with Crippen molar-refractivity contribution in [1.29, 1.82) is 0 Å². The molecule has 0 saturated carbocycles. The van der Waals surface area contributed by atoms with E-state index >= 15 is 0 Å². The Morgan fingerprint density at radius 3 is 2.77 bits per heavy atom. The molecule has 1 aromatic carbocycles. The lowest BCUT2D eigenvalue weighted by atomic mass is 10.0. The highest BCUT2D eigenvalue weighted by atomic mass is 35.5. The van der Waals surface area contributed by atoms with Crippen molar-refractivity contribution in [3.63, 3.8) is 0 Å². The lowest BCUT2D eigenvalue weighted by Gasteiger charge is -2.23. The molecule has 26 heavy (non-hydrogen) atoms. The molecule has 134 valence electrons. The van der Waals surface area contributed by atoms with Crippen LogP contribution in [0.1, 0.15) is 34.5 Å². The van der Waals surface area contributed by atoms with Crippen LogP contribution in [0.5, 0.6) is 0 Å². The number of rotatable bonds is 4. The van der Waals surface area contributed by atoms with Crippen LogP contribution in [0.25, 0.3) is 5.52 Å². The van der Waals surface area contributed by atoms with Gasteiger partial charge in [0.05, 0.1) is 5.52 Å². The van der Waals surface area contributed by atoms with E-state index in [1.54, 1.807) is 4.52 Å². The number of aromatic nitrogens is 2. The summed E-state index contributed by atoms with van der Waals surface area (Å²) in [4.78, 5) is 12.7. The monoisotopic (exact) mass is 369 g/mol. The summed E-state index contributed by atoms with van der Waals surface area (Å²) in [5.41, 5.74) is 3.63. The van der Waals surface area contributed by atoms with Gasteiger partial charge in [-0.15, -0.1) is 0 Å². The number of hydrogen-bond acceptors (Lipinski definition) is 3. The fourth-order valence-corrected chi connectivity index (χ4v) is 3.40. The lowest BCUT2D eigenvalue weighted by Crippen LogP contribution is -2.39. The first kappa shape index (κ1) is 17.1. The molecule has 1 N–H and O–H groups in total. The summed E-state index contributed by atoms with van der Waals surface area (Å²) in [5.74, 6) is -0.134. The van der Waals surface area contributed by atoms with Crippen LogP contribution in [-0.4, -0.2) is 34.8 Å². The van der Waals surface area contributed by atoms with Crippen molar-refractivity contribution in [3.05, 3.63) is 70.5 Å². The van der Waals surface area contributed by atoms with Gasteiger partial charge in [0.25, 0.3) is 5.91 Å². The molecule has 0 unspecified atom stereocenters. The third kappa shape index (κ3) is 3.74. The molecule has 2 aromatic heterocycles. The van der Waals surface area contributed by atoms with Crippen LogP contribution >= 0.6 is 11.6 Å². The molecule has 5 nitrogen and oxygen atoms in total. The van der Waals surface area contributed by atoms with E-state index in [9.17, 15) is 4.79 Å². The molecule has 4 rings (SSSR count). The van der Waals surface area contributed by atoms with Gasteiger partial charge in [-0.25, -0.2) is 4.52 Å². The van der Waals surface area contributed by atoms with E-state index in [-0.39, 0.29) is 11.9 Å². The van der Waals surface area contributed by atoms with Crippen LogP contribution in [0.4, 0.5) is 0 Å². The Balaban J connectivity index is 1.61. The third-order valence-corrected chi connectivity index (χ3v) is 4.93. The predicted molar refractivity (Wildman–Crippen MR) is 101 cm³/mol. The van der Waals surface area contributed by atoms with Crippen LogP contribution < -0.4 is 5.32 Å². The summed E-state index contributed by atoms with van der Waals surface area (Å²) in [6.07, 6.45) is 4.26. The molecule has 6 heteroatoms. The second-order valence-electron chi connectivity index (χ2n) is 6.56. The van der Waals surface area contributed by atoms with Crippen molar-refractivity contribution in [2.24, 2.45) is 0 Å². The number of benzene rings is 1. The smallest absolute Gasteiger partial charge is 0.271 e. The zero-order chi connectivity index (χ0) is 17.9. The fourth-order valence-electron chi connectivity index (χ4n) is 3.27. The average molecular weight is 370 g/mol. The van der Waals surface area contributed by atoms with Crippen molar-refractivity contribution >= 4 is 23.0 Å². The van der Waals surface area contributed by atoms with Gasteiger partial charge >= 0.3 is 0 Å². The van der Waals surface area contributed by atoms with Crippen LogP contribution in [0.15, 0.2) is 48.7 Å². The summed E-state index contributed by atoms with van der Waals surface area (Å²) < 4.78 is 7.12. The summed E-state index contributed by atoms with van der Waals surface area (Å²) in [5, 5.41) is 8.26. The molecule has 3 heterocycles. The molecule has 0 aliphatic carbocycles. The molecule has 0 radical (unpaired) electrons. The van der Waals surface area contributed by atoms with Crippen molar-refractivity contribution in [2.75, 3.05) is 13.2 Å². The number of nitrogens with one attached hydrogen (secondary N) is 1. The maximum atomic E-state index is 12.7. The number of amides is 1. The van der Waals surface area contributed by atoms with Crippen LogP contribution in [0, 0.1) is 0 Å². The molecule has 1 saturated heterocycles. The van der Waals surface area contributed by atoms with E-state index in [1.165, 1.54) is 0 Å². The Kier molecular flexibility index (Phi) is 4.91. The van der Waals surface area contributed by atoms with Crippen LogP contribution in [-0.2, 0) is 11.2 Å². The van der Waals surface area contributed by atoms with Gasteiger partial charge < -0.3 is 10.1 Å². The fraction of sp³-hybridized carbons (Fsp3) is 0.300. The van der Waals surface area contributed by atoms with Gasteiger partial charge in [-0.05, 0) is 60.7 Å². The standard InChI is InChI=1S/C20H20ClN3O2/c21-16-5-3-14(4-6-16)12-15-13-18(23-24-9-1-2-19(15)24)20(25)22-17-7-10-26-11-8-17/h1-6,9,13,17H,7-8,10-12H2,(H,22,25). The second-order valence-corrected chi connectivity index (χ2v) is 6.99. The maximum absolute atomic E-state index is 12.7. The zero-order valence-electron chi connectivity index (χ0n) is 14.3. The molecule has 0 atom stereocenters. The molecule has 0 spiro atoms. The maximum Gasteiger partial charge on any atom is 0.271 e. The van der Waals surface area contributed by atoms with E-state index < -0.39 is 0 Å². The Morgan fingerprint density at radius 1 is 1.23 bits per heavy atom. The molecule has 1 aliphatic heterocycles. The number of halogens is 1. The normalized spacial score (nSPS) is 15.3. The second kappa shape index (κ2) is 7.48. The summed E-state index contributed by atoms with van der Waals surface area (Å²) in [6, 6.07) is 13.8. The average Bonchev–Trinajstić information content (AvgIpc) is 3.13. The minimum absolute atomic E-state index is 0.134. The van der Waals surface area contributed by atoms with E-state index in [1.807, 2.05) is 48.7 Å². The largest absolute Gasteiger partial charge is 0.381 e. The lowest BCUT2D eigenvalue weighted by molar-refractivity contribution is 0.0693. The number of carbonyl (C=O) groups is 1. The highest BCUT2D eigenvalue weighted by molar-refractivity contribution is 6.30. The van der Waals surface area contributed by atoms with Crippen molar-refractivity contribution in [2.45, 2.75) is 25.3 Å². The molecule has 3 aromatic rings. The van der Waals surface area contributed by atoms with Crippen molar-refractivity contribution in [1.82, 2.24) is 14.9 Å². The molecular formula is C20H20ClN3O2. The van der Waals surface area contributed by atoms with Gasteiger partial charge in [-0.2, -0.15) is 5.10 Å². The first-order valence-corrected chi connectivity index (χ1v) is 9.17. The van der Waals surface area contributed by atoms with Gasteiger partial charge in [0.15, 0.2) is 0 Å². The number of nitrogens with zero attached hydrogens (tertiary/aromatic N) is 2.